The molecule has 39 heavy (non-hydrogen) atoms. The lowest BCUT2D eigenvalue weighted by molar-refractivity contribution is -0.147. The maximum absolute atomic E-state index is 13.7. The highest BCUT2D eigenvalue weighted by molar-refractivity contribution is 5.77. The number of aromatic nitrogens is 3. The van der Waals surface area contributed by atoms with E-state index in [1.807, 2.05) is 19.9 Å². The molecule has 0 N–H and O–H groups in total. The molecule has 3 aromatic rings. The van der Waals surface area contributed by atoms with Crippen molar-refractivity contribution in [3.05, 3.63) is 77.8 Å². The summed E-state index contributed by atoms with van der Waals surface area (Å²) in [6.07, 6.45) is 0.198. The zero-order chi connectivity index (χ0) is 27.9. The molecule has 7 nitrogen and oxygen atoms in total. The van der Waals surface area contributed by atoms with E-state index in [-0.39, 0.29) is 18.5 Å². The molecule has 2 aromatic heterocycles. The highest BCUT2D eigenvalue weighted by Gasteiger charge is 2.54. The summed E-state index contributed by atoms with van der Waals surface area (Å²) in [5.41, 5.74) is 0.735. The third-order valence-electron chi connectivity index (χ3n) is 7.07. The maximum atomic E-state index is 13.7. The SMILES string of the molecule is COC(=O)[C@H]1CC[C@@]2(C=C(c3nc(-n4ccnc4C(F)(F)F)ccc3OC(C)C)CO2)[C@@H]1c1ccc(F)cc1. The van der Waals surface area contributed by atoms with E-state index in [0.29, 0.717) is 29.9 Å². The summed E-state index contributed by atoms with van der Waals surface area (Å²) in [6, 6.07) is 8.93. The van der Waals surface area contributed by atoms with Gasteiger partial charge in [0.1, 0.15) is 23.1 Å². The van der Waals surface area contributed by atoms with E-state index >= 15 is 0 Å². The van der Waals surface area contributed by atoms with E-state index in [2.05, 4.69) is 9.97 Å². The first-order chi connectivity index (χ1) is 18.5. The summed E-state index contributed by atoms with van der Waals surface area (Å²) >= 11 is 0. The number of nitrogens with zero attached hydrogens (tertiary/aromatic N) is 3. The van der Waals surface area contributed by atoms with Crippen molar-refractivity contribution in [3.8, 4) is 11.6 Å². The molecule has 3 atom stereocenters. The highest BCUT2D eigenvalue weighted by Crippen LogP contribution is 2.54. The fourth-order valence-electron chi connectivity index (χ4n) is 5.53. The average molecular weight is 546 g/mol. The van der Waals surface area contributed by atoms with Crippen LogP contribution in [0.1, 0.15) is 49.7 Å². The van der Waals surface area contributed by atoms with Crippen LogP contribution in [0.4, 0.5) is 17.6 Å². The van der Waals surface area contributed by atoms with Crippen LogP contribution in [0.3, 0.4) is 0 Å². The summed E-state index contributed by atoms with van der Waals surface area (Å²) in [7, 11) is 1.32. The summed E-state index contributed by atoms with van der Waals surface area (Å²) in [6.45, 7) is 3.75. The van der Waals surface area contributed by atoms with Gasteiger partial charge in [-0.2, -0.15) is 13.2 Å². The molecule has 11 heteroatoms. The molecule has 0 unspecified atom stereocenters. The number of esters is 1. The largest absolute Gasteiger partial charge is 0.489 e. The molecule has 1 spiro atoms. The molecular weight excluding hydrogens is 518 g/mol. The summed E-state index contributed by atoms with van der Waals surface area (Å²) in [5.74, 6) is -2.49. The van der Waals surface area contributed by atoms with Crippen LogP contribution in [-0.4, -0.2) is 45.9 Å². The van der Waals surface area contributed by atoms with E-state index in [9.17, 15) is 22.4 Å². The van der Waals surface area contributed by atoms with Gasteiger partial charge in [0.15, 0.2) is 0 Å². The van der Waals surface area contributed by atoms with Crippen LogP contribution in [0, 0.1) is 11.7 Å². The highest BCUT2D eigenvalue weighted by atomic mass is 19.4. The Hall–Kier alpha value is -3.73. The van der Waals surface area contributed by atoms with Crippen LogP contribution in [0.5, 0.6) is 5.75 Å². The Morgan fingerprint density at radius 2 is 1.92 bits per heavy atom. The first kappa shape index (κ1) is 26.9. The van der Waals surface area contributed by atoms with Gasteiger partial charge in [-0.15, -0.1) is 0 Å². The minimum atomic E-state index is -4.67. The molecule has 1 aromatic carbocycles. The van der Waals surface area contributed by atoms with Gasteiger partial charge in [-0.1, -0.05) is 12.1 Å². The number of methoxy groups -OCH3 is 1. The van der Waals surface area contributed by atoms with Gasteiger partial charge in [0, 0.05) is 23.9 Å². The Balaban J connectivity index is 1.61. The second kappa shape index (κ2) is 10.1. The molecule has 206 valence electrons. The number of halogens is 4. The van der Waals surface area contributed by atoms with Gasteiger partial charge in [0.2, 0.25) is 5.82 Å². The van der Waals surface area contributed by atoms with Gasteiger partial charge < -0.3 is 14.2 Å². The molecule has 1 saturated carbocycles. The zero-order valence-corrected chi connectivity index (χ0v) is 21.5. The Morgan fingerprint density at radius 1 is 1.18 bits per heavy atom. The minimum absolute atomic E-state index is 0.0155. The Bertz CT molecular complexity index is 1400. The van der Waals surface area contributed by atoms with Crippen molar-refractivity contribution < 1.29 is 36.6 Å². The number of rotatable bonds is 6. The van der Waals surface area contributed by atoms with E-state index in [4.69, 9.17) is 14.2 Å². The van der Waals surface area contributed by atoms with E-state index < -0.39 is 41.2 Å². The molecule has 0 amide bonds. The molecule has 5 rings (SSSR count). The smallest absolute Gasteiger partial charge is 0.450 e. The Kier molecular flexibility index (Phi) is 6.96. The lowest BCUT2D eigenvalue weighted by Gasteiger charge is -2.31. The van der Waals surface area contributed by atoms with Gasteiger partial charge in [0.25, 0.3) is 0 Å². The monoisotopic (exact) mass is 545 g/mol. The molecule has 1 aliphatic carbocycles. The average Bonchev–Trinajstić information content (AvgIpc) is 3.63. The van der Waals surface area contributed by atoms with Crippen LogP contribution in [-0.2, 0) is 20.4 Å². The number of hydrogen-bond donors (Lipinski definition) is 0. The minimum Gasteiger partial charge on any atom is -0.489 e. The van der Waals surface area contributed by atoms with Crippen molar-refractivity contribution in [1.82, 2.24) is 14.5 Å². The van der Waals surface area contributed by atoms with Crippen molar-refractivity contribution >= 4 is 11.5 Å². The van der Waals surface area contributed by atoms with Crippen molar-refractivity contribution in [2.75, 3.05) is 13.7 Å². The van der Waals surface area contributed by atoms with E-state index in [1.54, 1.807) is 18.2 Å². The number of carbonyl (C=O) groups is 1. The molecule has 1 fully saturated rings. The molecule has 0 radical (unpaired) electrons. The normalized spacial score (nSPS) is 22.9. The van der Waals surface area contributed by atoms with Gasteiger partial charge in [-0.25, -0.2) is 14.4 Å². The van der Waals surface area contributed by atoms with Gasteiger partial charge in [-0.3, -0.25) is 9.36 Å². The third kappa shape index (κ3) is 5.03. The molecule has 2 aliphatic rings. The summed E-state index contributed by atoms with van der Waals surface area (Å²) in [5, 5.41) is 0. The van der Waals surface area contributed by atoms with Crippen molar-refractivity contribution in [3.63, 3.8) is 0 Å². The Labute approximate surface area is 222 Å². The lowest BCUT2D eigenvalue weighted by atomic mass is 9.79. The second-order valence-corrected chi connectivity index (χ2v) is 9.91. The molecular formula is C28H27F4N3O4. The number of ether oxygens (including phenoxy) is 3. The van der Waals surface area contributed by atoms with Crippen molar-refractivity contribution in [2.45, 2.75) is 50.5 Å². The number of imidazole rings is 1. The third-order valence-corrected chi connectivity index (χ3v) is 7.07. The first-order valence-electron chi connectivity index (χ1n) is 12.5. The Morgan fingerprint density at radius 3 is 2.59 bits per heavy atom. The molecule has 3 heterocycles. The van der Waals surface area contributed by atoms with E-state index in [1.165, 1.54) is 31.5 Å². The molecule has 1 aliphatic heterocycles. The lowest BCUT2D eigenvalue weighted by Crippen LogP contribution is -2.34. The van der Waals surface area contributed by atoms with Crippen LogP contribution >= 0.6 is 0 Å². The summed E-state index contributed by atoms with van der Waals surface area (Å²) in [4.78, 5) is 20.7. The van der Waals surface area contributed by atoms with Crippen LogP contribution in [0.2, 0.25) is 0 Å². The maximum Gasteiger partial charge on any atom is 0.450 e. The second-order valence-electron chi connectivity index (χ2n) is 9.91. The zero-order valence-electron chi connectivity index (χ0n) is 21.5. The van der Waals surface area contributed by atoms with Crippen LogP contribution in [0.15, 0.2) is 54.9 Å². The predicted molar refractivity (Wildman–Crippen MR) is 133 cm³/mol. The van der Waals surface area contributed by atoms with Crippen molar-refractivity contribution in [1.29, 1.82) is 0 Å². The summed E-state index contributed by atoms with van der Waals surface area (Å²) < 4.78 is 72.6. The van der Waals surface area contributed by atoms with Crippen LogP contribution < -0.4 is 4.74 Å². The number of carbonyl (C=O) groups excluding carboxylic acids is 1. The quantitative estimate of drug-likeness (QED) is 0.291. The standard InChI is InChI=1S/C28H27F4N3O4/c1-16(2)39-21-8-9-22(35-13-12-33-26(35)28(30,31)32)34-24(21)18-14-27(38-15-18)11-10-20(25(36)37-3)23(27)17-4-6-19(29)7-5-17/h4-9,12-14,16,20,23H,10-11,15H2,1-3H3/t20-,23+,27+/m0/s1. The molecule has 0 bridgehead atoms. The predicted octanol–water partition coefficient (Wildman–Crippen LogP) is 5.73. The van der Waals surface area contributed by atoms with Crippen molar-refractivity contribution in [2.24, 2.45) is 5.92 Å². The number of benzene rings is 1. The van der Waals surface area contributed by atoms with E-state index in [0.717, 1.165) is 16.3 Å². The van der Waals surface area contributed by atoms with Crippen LogP contribution in [0.25, 0.3) is 11.4 Å². The van der Waals surface area contributed by atoms with Gasteiger partial charge in [0.05, 0.1) is 31.3 Å². The fourth-order valence-corrected chi connectivity index (χ4v) is 5.53. The molecule has 0 saturated heterocycles. The first-order valence-corrected chi connectivity index (χ1v) is 12.5. The number of pyridine rings is 1. The van der Waals surface area contributed by atoms with Gasteiger partial charge in [-0.05, 0) is 62.6 Å². The number of hydrogen-bond acceptors (Lipinski definition) is 6. The van der Waals surface area contributed by atoms with Gasteiger partial charge >= 0.3 is 12.1 Å². The topological polar surface area (TPSA) is 75.5 Å². The fraction of sp³-hybridized carbons (Fsp3) is 0.393. The number of alkyl halides is 3.